The summed E-state index contributed by atoms with van der Waals surface area (Å²) in [6, 6.07) is -0.167. The molecule has 0 atom stereocenters. The van der Waals surface area contributed by atoms with E-state index in [4.69, 9.17) is 5.11 Å². The van der Waals surface area contributed by atoms with Gasteiger partial charge in [0, 0.05) is 18.4 Å². The molecule has 2 rings (SSSR count). The van der Waals surface area contributed by atoms with Crippen LogP contribution >= 0.6 is 11.3 Å². The third-order valence-electron chi connectivity index (χ3n) is 2.48. The number of imidazole rings is 1. The molecule has 2 aromatic rings. The third kappa shape index (κ3) is 2.79. The molecule has 0 unspecified atom stereocenters. The smallest absolute Gasteiger partial charge is 0.391 e. The molecule has 0 radical (unpaired) electrons. The highest BCUT2D eigenvalue weighted by molar-refractivity contribution is 7.14. The summed E-state index contributed by atoms with van der Waals surface area (Å²) >= 11 is 1.13. The summed E-state index contributed by atoms with van der Waals surface area (Å²) in [5.74, 6) is 0.173. The fraction of sp³-hybridized carbons (Fsp3) is 0.455. The molecule has 0 spiro atoms. The van der Waals surface area contributed by atoms with Crippen LogP contribution in [-0.4, -0.2) is 19.6 Å². The molecule has 0 amide bonds. The molecule has 0 aliphatic rings. The number of aromatic nitrogens is 3. The van der Waals surface area contributed by atoms with Gasteiger partial charge in [0.25, 0.3) is 0 Å². The Hall–Kier alpha value is -1.41. The molecule has 8 heteroatoms. The van der Waals surface area contributed by atoms with Crippen molar-refractivity contribution >= 4 is 11.3 Å². The Kier molecular flexibility index (Phi) is 3.64. The van der Waals surface area contributed by atoms with Crippen molar-refractivity contribution in [3.8, 4) is 10.8 Å². The molecular weight excluding hydrogens is 279 g/mol. The Morgan fingerprint density at radius 2 is 2.11 bits per heavy atom. The van der Waals surface area contributed by atoms with Gasteiger partial charge in [-0.15, -0.1) is 11.3 Å². The first kappa shape index (κ1) is 14.0. The van der Waals surface area contributed by atoms with Crippen LogP contribution in [-0.2, 0) is 12.8 Å². The number of rotatable bonds is 3. The van der Waals surface area contributed by atoms with Gasteiger partial charge in [-0.3, -0.25) is 0 Å². The van der Waals surface area contributed by atoms with Gasteiger partial charge in [-0.05, 0) is 13.8 Å². The molecule has 0 aliphatic carbocycles. The largest absolute Gasteiger partial charge is 0.434 e. The molecule has 2 aromatic heterocycles. The number of hydrogen-bond donors (Lipinski definition) is 1. The summed E-state index contributed by atoms with van der Waals surface area (Å²) in [4.78, 5) is 8.21. The molecule has 19 heavy (non-hydrogen) atoms. The second kappa shape index (κ2) is 4.93. The summed E-state index contributed by atoms with van der Waals surface area (Å²) in [5, 5.41) is 9.34. The molecule has 0 aliphatic heterocycles. The topological polar surface area (TPSA) is 50.9 Å². The number of nitrogens with zero attached hydrogens (tertiary/aromatic N) is 3. The van der Waals surface area contributed by atoms with Crippen LogP contribution in [0.3, 0.4) is 0 Å². The second-order valence-corrected chi connectivity index (χ2v) is 5.35. The van der Waals surface area contributed by atoms with E-state index in [1.165, 1.54) is 10.8 Å². The summed E-state index contributed by atoms with van der Waals surface area (Å²) < 4.78 is 39.5. The minimum Gasteiger partial charge on any atom is -0.391 e. The lowest BCUT2D eigenvalue weighted by Gasteiger charge is -2.09. The fourth-order valence-electron chi connectivity index (χ4n) is 1.57. The van der Waals surface area contributed by atoms with Gasteiger partial charge in [-0.1, -0.05) is 0 Å². The Morgan fingerprint density at radius 3 is 2.58 bits per heavy atom. The zero-order valence-corrected chi connectivity index (χ0v) is 11.1. The number of hydrogen-bond acceptors (Lipinski definition) is 4. The number of aliphatic hydroxyl groups is 1. The SMILES string of the molecule is CC(C)n1cc(C(F)(F)F)nc1-c1ncc(CO)s1. The van der Waals surface area contributed by atoms with Crippen LogP contribution in [0.25, 0.3) is 10.8 Å². The van der Waals surface area contributed by atoms with Gasteiger partial charge >= 0.3 is 6.18 Å². The van der Waals surface area contributed by atoms with Crippen molar-refractivity contribution in [2.75, 3.05) is 0 Å². The molecule has 0 aromatic carbocycles. The highest BCUT2D eigenvalue weighted by Gasteiger charge is 2.35. The summed E-state index contributed by atoms with van der Waals surface area (Å²) in [6.07, 6.45) is -2.06. The zero-order chi connectivity index (χ0) is 14.2. The Balaban J connectivity index is 2.52. The van der Waals surface area contributed by atoms with E-state index in [0.29, 0.717) is 9.88 Å². The van der Waals surface area contributed by atoms with E-state index in [1.807, 2.05) is 0 Å². The average molecular weight is 291 g/mol. The summed E-state index contributed by atoms with van der Waals surface area (Å²) in [5.41, 5.74) is -0.933. The van der Waals surface area contributed by atoms with Crippen molar-refractivity contribution in [3.05, 3.63) is 23.0 Å². The summed E-state index contributed by atoms with van der Waals surface area (Å²) in [7, 11) is 0. The first-order chi connectivity index (χ1) is 8.82. The van der Waals surface area contributed by atoms with E-state index in [9.17, 15) is 13.2 Å². The number of aliphatic hydroxyl groups excluding tert-OH is 1. The minimum absolute atomic E-state index is 0.167. The van der Waals surface area contributed by atoms with E-state index in [-0.39, 0.29) is 18.5 Å². The van der Waals surface area contributed by atoms with E-state index in [2.05, 4.69) is 9.97 Å². The Bertz CT molecular complexity index is 574. The quantitative estimate of drug-likeness (QED) is 0.945. The van der Waals surface area contributed by atoms with Crippen molar-refractivity contribution < 1.29 is 18.3 Å². The van der Waals surface area contributed by atoms with Crippen LogP contribution in [0.2, 0.25) is 0 Å². The maximum Gasteiger partial charge on any atom is 0.434 e. The summed E-state index contributed by atoms with van der Waals surface area (Å²) in [6.45, 7) is 3.35. The molecule has 0 saturated heterocycles. The number of halogens is 3. The van der Waals surface area contributed by atoms with Crippen molar-refractivity contribution in [1.29, 1.82) is 0 Å². The van der Waals surface area contributed by atoms with Crippen LogP contribution in [0.4, 0.5) is 13.2 Å². The Morgan fingerprint density at radius 1 is 1.42 bits per heavy atom. The number of alkyl halides is 3. The predicted molar refractivity (Wildman–Crippen MR) is 64.6 cm³/mol. The number of thiazole rings is 1. The lowest BCUT2D eigenvalue weighted by Crippen LogP contribution is -2.05. The second-order valence-electron chi connectivity index (χ2n) is 4.24. The molecule has 0 bridgehead atoms. The van der Waals surface area contributed by atoms with E-state index >= 15 is 0 Å². The van der Waals surface area contributed by atoms with Crippen LogP contribution in [0.1, 0.15) is 30.5 Å². The van der Waals surface area contributed by atoms with Crippen LogP contribution in [0, 0.1) is 0 Å². The van der Waals surface area contributed by atoms with Gasteiger partial charge in [0.2, 0.25) is 0 Å². The standard InChI is InChI=1S/C11H12F3N3OS/c1-6(2)17-4-8(11(12,13)14)16-9(17)10-15-3-7(5-18)19-10/h3-4,6,18H,5H2,1-2H3. The highest BCUT2D eigenvalue weighted by Crippen LogP contribution is 2.33. The average Bonchev–Trinajstić information content (AvgIpc) is 2.94. The monoisotopic (exact) mass is 291 g/mol. The molecule has 1 N–H and O–H groups in total. The van der Waals surface area contributed by atoms with E-state index in [1.54, 1.807) is 13.8 Å². The van der Waals surface area contributed by atoms with Gasteiger partial charge in [0.05, 0.1) is 11.5 Å². The Labute approximate surface area is 111 Å². The lowest BCUT2D eigenvalue weighted by atomic mass is 10.4. The maximum atomic E-state index is 12.7. The maximum absolute atomic E-state index is 12.7. The van der Waals surface area contributed by atoms with Crippen molar-refractivity contribution in [3.63, 3.8) is 0 Å². The molecule has 0 saturated carbocycles. The van der Waals surface area contributed by atoms with Crippen LogP contribution < -0.4 is 0 Å². The van der Waals surface area contributed by atoms with Gasteiger partial charge in [0.15, 0.2) is 16.5 Å². The first-order valence-corrected chi connectivity index (χ1v) is 6.36. The minimum atomic E-state index is -4.48. The molecule has 4 nitrogen and oxygen atoms in total. The molecule has 0 fully saturated rings. The lowest BCUT2D eigenvalue weighted by molar-refractivity contribution is -0.140. The van der Waals surface area contributed by atoms with Crippen molar-refractivity contribution in [1.82, 2.24) is 14.5 Å². The molecular formula is C11H12F3N3OS. The normalized spacial score (nSPS) is 12.4. The molecule has 2 heterocycles. The molecule has 104 valence electrons. The first-order valence-electron chi connectivity index (χ1n) is 5.55. The fourth-order valence-corrected chi connectivity index (χ4v) is 2.33. The van der Waals surface area contributed by atoms with E-state index in [0.717, 1.165) is 17.5 Å². The zero-order valence-electron chi connectivity index (χ0n) is 10.3. The van der Waals surface area contributed by atoms with E-state index < -0.39 is 11.9 Å². The van der Waals surface area contributed by atoms with Crippen LogP contribution in [0.15, 0.2) is 12.4 Å². The van der Waals surface area contributed by atoms with Crippen molar-refractivity contribution in [2.24, 2.45) is 0 Å². The third-order valence-corrected chi connectivity index (χ3v) is 3.46. The highest BCUT2D eigenvalue weighted by atomic mass is 32.1. The van der Waals surface area contributed by atoms with Crippen LogP contribution in [0.5, 0.6) is 0 Å². The van der Waals surface area contributed by atoms with Gasteiger partial charge in [-0.2, -0.15) is 13.2 Å². The predicted octanol–water partition coefficient (Wildman–Crippen LogP) is 3.10. The van der Waals surface area contributed by atoms with Crippen molar-refractivity contribution in [2.45, 2.75) is 32.7 Å². The van der Waals surface area contributed by atoms with Gasteiger partial charge in [0.1, 0.15) is 0 Å². The van der Waals surface area contributed by atoms with Gasteiger partial charge in [-0.25, -0.2) is 9.97 Å². The van der Waals surface area contributed by atoms with Gasteiger partial charge < -0.3 is 9.67 Å².